The highest BCUT2D eigenvalue weighted by Gasteiger charge is 2.10. The Morgan fingerprint density at radius 2 is 2.31 bits per heavy atom. The summed E-state index contributed by atoms with van der Waals surface area (Å²) in [5.41, 5.74) is 0.965. The Balaban J connectivity index is 2.87. The van der Waals surface area contributed by atoms with Gasteiger partial charge in [0.25, 0.3) is 0 Å². The van der Waals surface area contributed by atoms with Crippen LogP contribution in [-0.4, -0.2) is 5.11 Å². The van der Waals surface area contributed by atoms with E-state index in [1.54, 1.807) is 17.4 Å². The SMILES string of the molecule is Oc1cc2ccsc2c(CBr)c1Cl. The van der Waals surface area contributed by atoms with Crippen LogP contribution in [0.1, 0.15) is 5.56 Å². The molecule has 0 spiro atoms. The highest BCUT2D eigenvalue weighted by Crippen LogP contribution is 2.37. The number of thiophene rings is 1. The van der Waals surface area contributed by atoms with Crippen LogP contribution in [0.25, 0.3) is 10.1 Å². The van der Waals surface area contributed by atoms with Gasteiger partial charge in [0, 0.05) is 15.6 Å². The Hall–Kier alpha value is -0.250. The average molecular weight is 278 g/mol. The van der Waals surface area contributed by atoms with Crippen LogP contribution in [0.4, 0.5) is 0 Å². The quantitative estimate of drug-likeness (QED) is 0.776. The number of fused-ring (bicyclic) bond motifs is 1. The molecule has 0 aliphatic carbocycles. The van der Waals surface area contributed by atoms with Gasteiger partial charge in [-0.2, -0.15) is 0 Å². The number of rotatable bonds is 1. The molecule has 4 heteroatoms. The molecule has 1 heterocycles. The Labute approximate surface area is 93.1 Å². The maximum Gasteiger partial charge on any atom is 0.135 e. The van der Waals surface area contributed by atoms with Gasteiger partial charge in [-0.15, -0.1) is 11.3 Å². The summed E-state index contributed by atoms with van der Waals surface area (Å²) < 4.78 is 1.14. The van der Waals surface area contributed by atoms with E-state index in [1.807, 2.05) is 11.4 Å². The number of phenolic OH excluding ortho intramolecular Hbond substituents is 1. The molecule has 0 aliphatic rings. The summed E-state index contributed by atoms with van der Waals surface area (Å²) in [7, 11) is 0. The van der Waals surface area contributed by atoms with Gasteiger partial charge in [0.1, 0.15) is 5.75 Å². The van der Waals surface area contributed by atoms with Gasteiger partial charge in [0.05, 0.1) is 5.02 Å². The molecule has 2 rings (SSSR count). The van der Waals surface area contributed by atoms with E-state index in [0.717, 1.165) is 15.6 Å². The van der Waals surface area contributed by atoms with Crippen LogP contribution in [-0.2, 0) is 5.33 Å². The first-order chi connectivity index (χ1) is 6.24. The van der Waals surface area contributed by atoms with E-state index in [-0.39, 0.29) is 5.75 Å². The summed E-state index contributed by atoms with van der Waals surface area (Å²) in [5.74, 6) is 0.155. The third kappa shape index (κ3) is 1.45. The van der Waals surface area contributed by atoms with Gasteiger partial charge in [-0.05, 0) is 22.9 Å². The van der Waals surface area contributed by atoms with Crippen LogP contribution in [0.5, 0.6) is 5.75 Å². The van der Waals surface area contributed by atoms with Crippen molar-refractivity contribution in [2.75, 3.05) is 0 Å². The van der Waals surface area contributed by atoms with Gasteiger partial charge in [0.15, 0.2) is 0 Å². The number of benzene rings is 1. The van der Waals surface area contributed by atoms with Crippen molar-refractivity contribution in [1.29, 1.82) is 0 Å². The highest BCUT2D eigenvalue weighted by atomic mass is 79.9. The molecule has 0 amide bonds. The molecule has 0 radical (unpaired) electrons. The molecule has 0 bridgehead atoms. The van der Waals surface area contributed by atoms with Gasteiger partial charge < -0.3 is 5.11 Å². The van der Waals surface area contributed by atoms with Crippen LogP contribution in [0.3, 0.4) is 0 Å². The molecular weight excluding hydrogens is 272 g/mol. The number of phenols is 1. The van der Waals surface area contributed by atoms with Crippen molar-refractivity contribution in [3.8, 4) is 5.75 Å². The topological polar surface area (TPSA) is 20.2 Å². The molecule has 2 aromatic rings. The van der Waals surface area contributed by atoms with Crippen LogP contribution in [0, 0.1) is 0 Å². The predicted octanol–water partition coefficient (Wildman–Crippen LogP) is 4.16. The zero-order valence-corrected chi connectivity index (χ0v) is 9.71. The van der Waals surface area contributed by atoms with Crippen molar-refractivity contribution in [2.24, 2.45) is 0 Å². The predicted molar refractivity (Wildman–Crippen MR) is 61.1 cm³/mol. The van der Waals surface area contributed by atoms with Gasteiger partial charge in [0.2, 0.25) is 0 Å². The third-order valence-electron chi connectivity index (χ3n) is 1.89. The first kappa shape index (κ1) is 9.31. The number of halogens is 2. The summed E-state index contributed by atoms with van der Waals surface area (Å²) in [5, 5.41) is 13.6. The second-order valence-corrected chi connectivity index (χ2v) is 4.52. The molecule has 0 aliphatic heterocycles. The molecular formula is C9H6BrClOS. The lowest BCUT2D eigenvalue weighted by Crippen LogP contribution is -1.81. The van der Waals surface area contributed by atoms with Gasteiger partial charge in [-0.1, -0.05) is 27.5 Å². The first-order valence-electron chi connectivity index (χ1n) is 3.67. The number of aromatic hydroxyl groups is 1. The lowest BCUT2D eigenvalue weighted by molar-refractivity contribution is 0.476. The summed E-state index contributed by atoms with van der Waals surface area (Å²) in [6, 6.07) is 3.67. The van der Waals surface area contributed by atoms with Gasteiger partial charge in [-0.25, -0.2) is 0 Å². The van der Waals surface area contributed by atoms with Gasteiger partial charge in [-0.3, -0.25) is 0 Å². The van der Waals surface area contributed by atoms with Crippen molar-refractivity contribution >= 4 is 49.0 Å². The van der Waals surface area contributed by atoms with Crippen molar-refractivity contribution in [3.05, 3.63) is 28.1 Å². The molecule has 1 nitrogen and oxygen atoms in total. The van der Waals surface area contributed by atoms with Crippen LogP contribution < -0.4 is 0 Å². The maximum atomic E-state index is 9.50. The fourth-order valence-electron chi connectivity index (χ4n) is 1.26. The zero-order chi connectivity index (χ0) is 9.42. The molecule has 1 N–H and O–H groups in total. The Morgan fingerprint density at radius 1 is 1.54 bits per heavy atom. The van der Waals surface area contributed by atoms with E-state index >= 15 is 0 Å². The summed E-state index contributed by atoms with van der Waals surface area (Å²) >= 11 is 11.0. The van der Waals surface area contributed by atoms with Gasteiger partial charge >= 0.3 is 0 Å². The van der Waals surface area contributed by atoms with E-state index in [0.29, 0.717) is 10.4 Å². The second-order valence-electron chi connectivity index (χ2n) is 2.66. The minimum absolute atomic E-state index is 0.155. The van der Waals surface area contributed by atoms with E-state index in [9.17, 15) is 5.11 Å². The normalized spacial score (nSPS) is 10.9. The summed E-state index contributed by atoms with van der Waals surface area (Å²) in [6.07, 6.45) is 0. The second kappa shape index (κ2) is 3.48. The van der Waals surface area contributed by atoms with Crippen LogP contribution in [0.15, 0.2) is 17.5 Å². The van der Waals surface area contributed by atoms with Crippen molar-refractivity contribution in [3.63, 3.8) is 0 Å². The largest absolute Gasteiger partial charge is 0.506 e. The first-order valence-corrected chi connectivity index (χ1v) is 6.05. The third-order valence-corrected chi connectivity index (χ3v) is 3.86. The minimum atomic E-state index is 0.155. The summed E-state index contributed by atoms with van der Waals surface area (Å²) in [4.78, 5) is 0. The number of alkyl halides is 1. The molecule has 13 heavy (non-hydrogen) atoms. The lowest BCUT2D eigenvalue weighted by Gasteiger charge is -2.04. The van der Waals surface area contributed by atoms with E-state index in [1.165, 1.54) is 0 Å². The molecule has 1 aromatic carbocycles. The molecule has 0 unspecified atom stereocenters. The minimum Gasteiger partial charge on any atom is -0.506 e. The maximum absolute atomic E-state index is 9.50. The zero-order valence-electron chi connectivity index (χ0n) is 6.55. The van der Waals surface area contributed by atoms with Crippen LogP contribution >= 0.6 is 38.9 Å². The molecule has 0 atom stereocenters. The Kier molecular flexibility index (Phi) is 2.49. The smallest absolute Gasteiger partial charge is 0.135 e. The number of hydrogen-bond acceptors (Lipinski definition) is 2. The van der Waals surface area contributed by atoms with Crippen molar-refractivity contribution in [2.45, 2.75) is 5.33 Å². The molecule has 68 valence electrons. The Morgan fingerprint density at radius 3 is 3.00 bits per heavy atom. The van der Waals surface area contributed by atoms with Crippen molar-refractivity contribution in [1.82, 2.24) is 0 Å². The fourth-order valence-corrected chi connectivity index (χ4v) is 3.37. The monoisotopic (exact) mass is 276 g/mol. The molecule has 0 saturated carbocycles. The standard InChI is InChI=1S/C9H6BrClOS/c10-4-6-8(11)7(12)3-5-1-2-13-9(5)6/h1-3,12H,4H2. The number of hydrogen-bond donors (Lipinski definition) is 1. The Bertz CT molecular complexity index is 452. The van der Waals surface area contributed by atoms with E-state index < -0.39 is 0 Å². The molecule has 1 aromatic heterocycles. The van der Waals surface area contributed by atoms with E-state index in [2.05, 4.69) is 15.9 Å². The van der Waals surface area contributed by atoms with E-state index in [4.69, 9.17) is 11.6 Å². The van der Waals surface area contributed by atoms with Crippen molar-refractivity contribution < 1.29 is 5.11 Å². The fraction of sp³-hybridized carbons (Fsp3) is 0.111. The highest BCUT2D eigenvalue weighted by molar-refractivity contribution is 9.08. The summed E-state index contributed by atoms with van der Waals surface area (Å²) in [6.45, 7) is 0. The molecule has 0 fully saturated rings. The van der Waals surface area contributed by atoms with Crippen LogP contribution in [0.2, 0.25) is 5.02 Å². The average Bonchev–Trinajstić information content (AvgIpc) is 2.54. The molecule has 0 saturated heterocycles. The lowest BCUT2D eigenvalue weighted by atomic mass is 10.2.